The van der Waals surface area contributed by atoms with Crippen LogP contribution < -0.4 is 0 Å². The Kier molecular flexibility index (Phi) is 4.76. The standard InChI is InChI=1S/C18H19N3O2S/c1-21-13-5-8-18(21)20-24(22,23)17-11-9-16(10-12-17)19-14-15-6-3-2-4-7-15/h2-4,6-7,9-12,14H,5,8,13H2,1H3/b19-14?,20-18-. The van der Waals surface area contributed by atoms with Gasteiger partial charge in [0.15, 0.2) is 0 Å². The van der Waals surface area contributed by atoms with Crippen LogP contribution in [0.25, 0.3) is 0 Å². The summed E-state index contributed by atoms with van der Waals surface area (Å²) in [5.74, 6) is 0.626. The Morgan fingerprint density at radius 1 is 1.04 bits per heavy atom. The van der Waals surface area contributed by atoms with Crippen molar-refractivity contribution in [1.82, 2.24) is 4.90 Å². The maximum Gasteiger partial charge on any atom is 0.283 e. The van der Waals surface area contributed by atoms with Crippen molar-refractivity contribution >= 4 is 27.8 Å². The number of amidine groups is 1. The topological polar surface area (TPSA) is 62.1 Å². The minimum absolute atomic E-state index is 0.189. The molecule has 1 aliphatic heterocycles. The Balaban J connectivity index is 1.78. The van der Waals surface area contributed by atoms with Gasteiger partial charge in [-0.25, -0.2) is 0 Å². The highest BCUT2D eigenvalue weighted by atomic mass is 32.2. The molecule has 5 nitrogen and oxygen atoms in total. The average molecular weight is 341 g/mol. The highest BCUT2D eigenvalue weighted by Crippen LogP contribution is 2.20. The van der Waals surface area contributed by atoms with E-state index in [4.69, 9.17) is 0 Å². The molecule has 1 aliphatic rings. The molecule has 6 heteroatoms. The van der Waals surface area contributed by atoms with Gasteiger partial charge in [-0.2, -0.15) is 8.42 Å². The predicted octanol–water partition coefficient (Wildman–Crippen LogP) is 3.25. The molecule has 3 rings (SSSR count). The molecular formula is C18H19N3O2S. The van der Waals surface area contributed by atoms with E-state index in [-0.39, 0.29) is 4.90 Å². The van der Waals surface area contributed by atoms with E-state index in [1.54, 1.807) is 30.5 Å². The first-order valence-corrected chi connectivity index (χ1v) is 9.23. The number of aliphatic imine (C=N–C) groups is 1. The third-order valence-electron chi connectivity index (χ3n) is 3.86. The third-order valence-corrected chi connectivity index (χ3v) is 5.18. The van der Waals surface area contributed by atoms with Crippen LogP contribution in [0.15, 0.2) is 68.9 Å². The molecule has 0 aromatic heterocycles. The second-order valence-electron chi connectivity index (χ2n) is 5.67. The van der Waals surface area contributed by atoms with Crippen LogP contribution in [0.5, 0.6) is 0 Å². The van der Waals surface area contributed by atoms with E-state index in [0.29, 0.717) is 17.9 Å². The molecule has 0 atom stereocenters. The molecule has 24 heavy (non-hydrogen) atoms. The molecule has 2 aromatic rings. The molecule has 1 saturated heterocycles. The third kappa shape index (κ3) is 3.89. The second kappa shape index (κ2) is 6.97. The first kappa shape index (κ1) is 16.4. The number of hydrogen-bond donors (Lipinski definition) is 0. The first-order valence-electron chi connectivity index (χ1n) is 7.79. The zero-order valence-corrected chi connectivity index (χ0v) is 14.3. The summed E-state index contributed by atoms with van der Waals surface area (Å²) in [6.45, 7) is 0.849. The zero-order valence-electron chi connectivity index (χ0n) is 13.5. The van der Waals surface area contributed by atoms with Gasteiger partial charge in [0.2, 0.25) is 0 Å². The fourth-order valence-electron chi connectivity index (χ4n) is 2.49. The summed E-state index contributed by atoms with van der Waals surface area (Å²) in [7, 11) is -1.80. The van der Waals surface area contributed by atoms with Crippen LogP contribution in [0.3, 0.4) is 0 Å². The largest absolute Gasteiger partial charge is 0.362 e. The summed E-state index contributed by atoms with van der Waals surface area (Å²) < 4.78 is 28.7. The Hall–Kier alpha value is -2.47. The van der Waals surface area contributed by atoms with E-state index >= 15 is 0 Å². The van der Waals surface area contributed by atoms with E-state index in [2.05, 4.69) is 9.39 Å². The van der Waals surface area contributed by atoms with Gasteiger partial charge in [0.05, 0.1) is 10.6 Å². The van der Waals surface area contributed by atoms with E-state index in [0.717, 1.165) is 18.5 Å². The lowest BCUT2D eigenvalue weighted by Gasteiger charge is -2.10. The van der Waals surface area contributed by atoms with Gasteiger partial charge >= 0.3 is 0 Å². The zero-order chi connectivity index (χ0) is 17.0. The normalized spacial score (nSPS) is 17.0. The Bertz CT molecular complexity index is 857. The minimum atomic E-state index is -3.67. The summed E-state index contributed by atoms with van der Waals surface area (Å²) in [6.07, 6.45) is 3.39. The monoisotopic (exact) mass is 341 g/mol. The molecule has 0 radical (unpaired) electrons. The van der Waals surface area contributed by atoms with Crippen LogP contribution in [-0.4, -0.2) is 39.0 Å². The van der Waals surface area contributed by atoms with Crippen LogP contribution in [0.2, 0.25) is 0 Å². The molecular weight excluding hydrogens is 322 g/mol. The van der Waals surface area contributed by atoms with Gasteiger partial charge in [-0.05, 0) is 36.2 Å². The molecule has 0 aliphatic carbocycles. The van der Waals surface area contributed by atoms with Crippen LogP contribution in [0.1, 0.15) is 18.4 Å². The summed E-state index contributed by atoms with van der Waals surface area (Å²) in [6, 6.07) is 16.2. The lowest BCUT2D eigenvalue weighted by Crippen LogP contribution is -2.20. The quantitative estimate of drug-likeness (QED) is 0.802. The lowest BCUT2D eigenvalue weighted by molar-refractivity contribution is 0.548. The molecule has 1 fully saturated rings. The van der Waals surface area contributed by atoms with Crippen LogP contribution in [-0.2, 0) is 10.0 Å². The van der Waals surface area contributed by atoms with Gasteiger partial charge in [0.1, 0.15) is 5.84 Å². The van der Waals surface area contributed by atoms with Crippen molar-refractivity contribution in [2.45, 2.75) is 17.7 Å². The SMILES string of the molecule is CN1CCC/C1=N/S(=O)(=O)c1ccc(N=Cc2ccccc2)cc1. The highest BCUT2D eigenvalue weighted by molar-refractivity contribution is 7.90. The van der Waals surface area contributed by atoms with Crippen molar-refractivity contribution in [1.29, 1.82) is 0 Å². The second-order valence-corrected chi connectivity index (χ2v) is 7.27. The molecule has 0 spiro atoms. The van der Waals surface area contributed by atoms with E-state index < -0.39 is 10.0 Å². The lowest BCUT2D eigenvalue weighted by atomic mass is 10.2. The molecule has 0 unspecified atom stereocenters. The number of likely N-dealkylation sites (tertiary alicyclic amines) is 1. The van der Waals surface area contributed by atoms with Gasteiger partial charge in [-0.15, -0.1) is 4.40 Å². The smallest absolute Gasteiger partial charge is 0.283 e. The Labute approximate surface area is 142 Å². The van der Waals surface area contributed by atoms with Gasteiger partial charge in [0.25, 0.3) is 10.0 Å². The molecule has 2 aromatic carbocycles. The summed E-state index contributed by atoms with van der Waals surface area (Å²) in [4.78, 5) is 6.42. The van der Waals surface area contributed by atoms with Crippen LogP contribution in [0, 0.1) is 0 Å². The fraction of sp³-hybridized carbons (Fsp3) is 0.222. The van der Waals surface area contributed by atoms with E-state index in [1.165, 1.54) is 0 Å². The number of hydrogen-bond acceptors (Lipinski definition) is 3. The van der Waals surface area contributed by atoms with E-state index in [9.17, 15) is 8.42 Å². The van der Waals surface area contributed by atoms with Crippen LogP contribution in [0.4, 0.5) is 5.69 Å². The maximum atomic E-state index is 12.4. The number of nitrogens with zero attached hydrogens (tertiary/aromatic N) is 3. The summed E-state index contributed by atoms with van der Waals surface area (Å²) >= 11 is 0. The van der Waals surface area contributed by atoms with Gasteiger partial charge in [-0.3, -0.25) is 4.99 Å². The van der Waals surface area contributed by atoms with Crippen molar-refractivity contribution in [3.05, 3.63) is 60.2 Å². The van der Waals surface area contributed by atoms with Gasteiger partial charge in [0, 0.05) is 26.2 Å². The predicted molar refractivity (Wildman–Crippen MR) is 96.6 cm³/mol. The number of rotatable bonds is 4. The Morgan fingerprint density at radius 2 is 1.75 bits per heavy atom. The first-order chi connectivity index (χ1) is 11.5. The van der Waals surface area contributed by atoms with Gasteiger partial charge < -0.3 is 4.90 Å². The maximum absolute atomic E-state index is 12.4. The molecule has 0 bridgehead atoms. The number of benzene rings is 2. The molecule has 1 heterocycles. The van der Waals surface area contributed by atoms with Crippen molar-refractivity contribution in [3.8, 4) is 0 Å². The van der Waals surface area contributed by atoms with Crippen molar-refractivity contribution in [2.24, 2.45) is 9.39 Å². The van der Waals surface area contributed by atoms with E-state index in [1.807, 2.05) is 42.3 Å². The van der Waals surface area contributed by atoms with Gasteiger partial charge in [-0.1, -0.05) is 30.3 Å². The highest BCUT2D eigenvalue weighted by Gasteiger charge is 2.20. The fourth-order valence-corrected chi connectivity index (χ4v) is 3.59. The number of sulfonamides is 1. The van der Waals surface area contributed by atoms with Crippen LogP contribution >= 0.6 is 0 Å². The van der Waals surface area contributed by atoms with Crippen molar-refractivity contribution < 1.29 is 8.42 Å². The molecule has 0 N–H and O–H groups in total. The summed E-state index contributed by atoms with van der Waals surface area (Å²) in [5, 5.41) is 0. The average Bonchev–Trinajstić information content (AvgIpc) is 2.98. The Morgan fingerprint density at radius 3 is 2.38 bits per heavy atom. The molecule has 0 amide bonds. The molecule has 0 saturated carbocycles. The van der Waals surface area contributed by atoms with Crippen molar-refractivity contribution in [3.63, 3.8) is 0 Å². The molecule has 124 valence electrons. The summed E-state index contributed by atoms with van der Waals surface area (Å²) in [5.41, 5.74) is 1.69. The minimum Gasteiger partial charge on any atom is -0.362 e. The van der Waals surface area contributed by atoms with Crippen molar-refractivity contribution in [2.75, 3.05) is 13.6 Å².